The van der Waals surface area contributed by atoms with Crippen molar-refractivity contribution in [3.05, 3.63) is 63.3 Å². The van der Waals surface area contributed by atoms with Gasteiger partial charge in [0, 0.05) is 19.2 Å². The molecule has 1 saturated carbocycles. The number of hydrogen-bond acceptors (Lipinski definition) is 3. The molecule has 0 spiro atoms. The minimum absolute atomic E-state index is 0.00641. The molecule has 24 heavy (non-hydrogen) atoms. The van der Waals surface area contributed by atoms with Gasteiger partial charge in [-0.1, -0.05) is 29.8 Å². The highest BCUT2D eigenvalue weighted by atomic mass is 16.2. The summed E-state index contributed by atoms with van der Waals surface area (Å²) in [6, 6.07) is 8.26. The van der Waals surface area contributed by atoms with E-state index in [0.29, 0.717) is 19.5 Å². The van der Waals surface area contributed by atoms with Crippen molar-refractivity contribution in [2.24, 2.45) is 7.05 Å². The average Bonchev–Trinajstić information content (AvgIpc) is 3.39. The van der Waals surface area contributed by atoms with Gasteiger partial charge in [0.15, 0.2) is 0 Å². The first-order chi connectivity index (χ1) is 11.5. The van der Waals surface area contributed by atoms with Gasteiger partial charge in [-0.05, 0) is 31.7 Å². The standard InChI is InChI=1S/C19H21N3O2/c1-13-4-3-5-14(10-13)19(7-8-19)18(24)22-9-6-15-16(11-22)20-12-21(2)17(15)23/h3-5,10,12H,6-9,11H2,1-2H3. The number of fused-ring (bicyclic) bond motifs is 1. The molecule has 124 valence electrons. The molecule has 5 heteroatoms. The highest BCUT2D eigenvalue weighted by Gasteiger charge is 2.53. The SMILES string of the molecule is Cc1cccc(C2(C(=O)N3CCc4c(ncn(C)c4=O)C3)CC2)c1. The third kappa shape index (κ3) is 2.27. The van der Waals surface area contributed by atoms with E-state index in [1.165, 1.54) is 10.1 Å². The number of carbonyl (C=O) groups excluding carboxylic acids is 1. The van der Waals surface area contributed by atoms with Crippen LogP contribution in [0.5, 0.6) is 0 Å². The van der Waals surface area contributed by atoms with Gasteiger partial charge >= 0.3 is 0 Å². The molecule has 1 fully saturated rings. The molecule has 1 aromatic carbocycles. The van der Waals surface area contributed by atoms with E-state index in [4.69, 9.17) is 0 Å². The lowest BCUT2D eigenvalue weighted by Crippen LogP contribution is -2.44. The third-order valence-electron chi connectivity index (χ3n) is 5.30. The summed E-state index contributed by atoms with van der Waals surface area (Å²) in [6.45, 7) is 3.10. The van der Waals surface area contributed by atoms with Gasteiger partial charge in [0.25, 0.3) is 5.56 Å². The van der Waals surface area contributed by atoms with Crippen LogP contribution in [0.2, 0.25) is 0 Å². The number of aromatic nitrogens is 2. The van der Waals surface area contributed by atoms with E-state index >= 15 is 0 Å². The van der Waals surface area contributed by atoms with Gasteiger partial charge in [0.05, 0.1) is 24.0 Å². The molecule has 0 atom stereocenters. The van der Waals surface area contributed by atoms with E-state index in [1.807, 2.05) is 11.0 Å². The first-order valence-corrected chi connectivity index (χ1v) is 8.41. The van der Waals surface area contributed by atoms with E-state index in [0.717, 1.165) is 29.7 Å². The Labute approximate surface area is 140 Å². The Morgan fingerprint density at radius 2 is 2.08 bits per heavy atom. The van der Waals surface area contributed by atoms with Crippen LogP contribution in [0.4, 0.5) is 0 Å². The van der Waals surface area contributed by atoms with E-state index in [1.54, 1.807) is 13.4 Å². The molecule has 2 aliphatic rings. The van der Waals surface area contributed by atoms with Crippen molar-refractivity contribution in [1.29, 1.82) is 0 Å². The summed E-state index contributed by atoms with van der Waals surface area (Å²) in [6.07, 6.45) is 3.94. The maximum Gasteiger partial charge on any atom is 0.256 e. The minimum Gasteiger partial charge on any atom is -0.336 e. The molecular formula is C19H21N3O2. The van der Waals surface area contributed by atoms with E-state index in [-0.39, 0.29) is 16.9 Å². The summed E-state index contributed by atoms with van der Waals surface area (Å²) < 4.78 is 1.51. The summed E-state index contributed by atoms with van der Waals surface area (Å²) in [5, 5.41) is 0. The van der Waals surface area contributed by atoms with Crippen LogP contribution in [-0.4, -0.2) is 26.9 Å². The maximum atomic E-state index is 13.2. The summed E-state index contributed by atoms with van der Waals surface area (Å²) in [7, 11) is 1.71. The summed E-state index contributed by atoms with van der Waals surface area (Å²) in [5.74, 6) is 0.182. The molecule has 1 amide bonds. The fraction of sp³-hybridized carbons (Fsp3) is 0.421. The van der Waals surface area contributed by atoms with Crippen LogP contribution in [-0.2, 0) is 30.2 Å². The molecule has 1 aliphatic carbocycles. The molecule has 0 N–H and O–H groups in total. The van der Waals surface area contributed by atoms with Crippen LogP contribution in [0.3, 0.4) is 0 Å². The predicted octanol–water partition coefficient (Wildman–Crippen LogP) is 1.71. The smallest absolute Gasteiger partial charge is 0.256 e. The van der Waals surface area contributed by atoms with Gasteiger partial charge in [-0.2, -0.15) is 0 Å². The van der Waals surface area contributed by atoms with Crippen LogP contribution < -0.4 is 5.56 Å². The second kappa shape index (κ2) is 5.30. The van der Waals surface area contributed by atoms with Crippen molar-refractivity contribution in [3.63, 3.8) is 0 Å². The zero-order valence-electron chi connectivity index (χ0n) is 14.1. The van der Waals surface area contributed by atoms with E-state index < -0.39 is 0 Å². The monoisotopic (exact) mass is 323 g/mol. The number of benzene rings is 1. The van der Waals surface area contributed by atoms with Gasteiger partial charge in [-0.15, -0.1) is 0 Å². The molecule has 0 unspecified atom stereocenters. The van der Waals surface area contributed by atoms with Crippen molar-refractivity contribution in [1.82, 2.24) is 14.5 Å². The second-order valence-corrected chi connectivity index (χ2v) is 7.01. The summed E-state index contributed by atoms with van der Waals surface area (Å²) >= 11 is 0. The second-order valence-electron chi connectivity index (χ2n) is 7.01. The zero-order chi connectivity index (χ0) is 16.9. The Hall–Kier alpha value is -2.43. The molecule has 5 nitrogen and oxygen atoms in total. The Morgan fingerprint density at radius 3 is 2.79 bits per heavy atom. The van der Waals surface area contributed by atoms with Gasteiger partial charge in [-0.25, -0.2) is 4.98 Å². The van der Waals surface area contributed by atoms with Crippen LogP contribution in [0.15, 0.2) is 35.4 Å². The number of amides is 1. The number of nitrogens with zero attached hydrogens (tertiary/aromatic N) is 3. The van der Waals surface area contributed by atoms with E-state index in [2.05, 4.69) is 30.1 Å². The highest BCUT2D eigenvalue weighted by molar-refractivity contribution is 5.91. The first-order valence-electron chi connectivity index (χ1n) is 8.41. The third-order valence-corrected chi connectivity index (χ3v) is 5.30. The predicted molar refractivity (Wildman–Crippen MR) is 90.7 cm³/mol. The van der Waals surface area contributed by atoms with Crippen molar-refractivity contribution in [2.45, 2.75) is 38.1 Å². The lowest BCUT2D eigenvalue weighted by atomic mass is 9.92. The van der Waals surface area contributed by atoms with Crippen LogP contribution in [0.25, 0.3) is 0 Å². The van der Waals surface area contributed by atoms with E-state index in [9.17, 15) is 9.59 Å². The number of aryl methyl sites for hydroxylation is 2. The van der Waals surface area contributed by atoms with Gasteiger partial charge in [0.1, 0.15) is 0 Å². The molecule has 0 saturated heterocycles. The van der Waals surface area contributed by atoms with Crippen LogP contribution in [0.1, 0.15) is 35.2 Å². The van der Waals surface area contributed by atoms with Crippen molar-refractivity contribution in [2.75, 3.05) is 6.54 Å². The molecule has 0 radical (unpaired) electrons. The number of carbonyl (C=O) groups is 1. The lowest BCUT2D eigenvalue weighted by molar-refractivity contribution is -0.135. The Balaban J connectivity index is 1.62. The lowest BCUT2D eigenvalue weighted by Gasteiger charge is -2.31. The van der Waals surface area contributed by atoms with Gasteiger partial charge in [0.2, 0.25) is 5.91 Å². The largest absolute Gasteiger partial charge is 0.336 e. The Kier molecular flexibility index (Phi) is 3.34. The van der Waals surface area contributed by atoms with Crippen molar-refractivity contribution in [3.8, 4) is 0 Å². The zero-order valence-corrected chi connectivity index (χ0v) is 14.1. The topological polar surface area (TPSA) is 55.2 Å². The van der Waals surface area contributed by atoms with Gasteiger partial charge in [-0.3, -0.25) is 9.59 Å². The molecule has 2 aromatic rings. The molecule has 1 aliphatic heterocycles. The Bertz CT molecular complexity index is 880. The maximum absolute atomic E-state index is 13.2. The minimum atomic E-state index is -0.358. The van der Waals surface area contributed by atoms with Crippen molar-refractivity contribution >= 4 is 5.91 Å². The van der Waals surface area contributed by atoms with Crippen molar-refractivity contribution < 1.29 is 4.79 Å². The fourth-order valence-electron chi connectivity index (χ4n) is 3.69. The number of hydrogen-bond donors (Lipinski definition) is 0. The number of rotatable bonds is 2. The molecule has 0 bridgehead atoms. The molecular weight excluding hydrogens is 302 g/mol. The highest BCUT2D eigenvalue weighted by Crippen LogP contribution is 2.50. The first kappa shape index (κ1) is 15.1. The quantitative estimate of drug-likeness (QED) is 0.845. The fourth-order valence-corrected chi connectivity index (χ4v) is 3.69. The molecule has 4 rings (SSSR count). The Morgan fingerprint density at radius 1 is 1.29 bits per heavy atom. The van der Waals surface area contributed by atoms with Gasteiger partial charge < -0.3 is 9.47 Å². The average molecular weight is 323 g/mol. The van der Waals surface area contributed by atoms with Crippen LogP contribution >= 0.6 is 0 Å². The summed E-state index contributed by atoms with van der Waals surface area (Å²) in [4.78, 5) is 31.6. The summed E-state index contributed by atoms with van der Waals surface area (Å²) in [5.41, 5.74) is 3.45. The van der Waals surface area contributed by atoms with Crippen LogP contribution in [0, 0.1) is 6.92 Å². The normalized spacial score (nSPS) is 18.2. The molecule has 2 heterocycles. The molecule has 1 aromatic heterocycles.